The molecule has 0 bridgehead atoms. The third kappa shape index (κ3) is 4.29. The van der Waals surface area contributed by atoms with E-state index in [1.54, 1.807) is 16.2 Å². The van der Waals surface area contributed by atoms with Gasteiger partial charge in [-0.2, -0.15) is 0 Å². The molecule has 1 aliphatic rings. The van der Waals surface area contributed by atoms with E-state index >= 15 is 0 Å². The molecule has 7 heteroatoms. The Morgan fingerprint density at radius 3 is 2.96 bits per heavy atom. The molecule has 6 nitrogen and oxygen atoms in total. The Morgan fingerprint density at radius 1 is 1.32 bits per heavy atom. The molecule has 1 aliphatic heterocycles. The second-order valence-electron chi connectivity index (χ2n) is 6.27. The van der Waals surface area contributed by atoms with Crippen LogP contribution in [0, 0.1) is 5.92 Å². The zero-order valence-corrected chi connectivity index (χ0v) is 15.0. The van der Waals surface area contributed by atoms with Crippen LogP contribution in [0.4, 0.5) is 0 Å². The SMILES string of the molecule is NCCNC(=O)C1CCCN(C(=O)c2cccn2Cc2cccs2)C1. The summed E-state index contributed by atoms with van der Waals surface area (Å²) in [7, 11) is 0. The number of nitrogens with two attached hydrogens (primary N) is 1. The van der Waals surface area contributed by atoms with Crippen molar-refractivity contribution < 1.29 is 9.59 Å². The average Bonchev–Trinajstić information content (AvgIpc) is 3.31. The van der Waals surface area contributed by atoms with Gasteiger partial charge in [0.05, 0.1) is 12.5 Å². The summed E-state index contributed by atoms with van der Waals surface area (Å²) >= 11 is 1.68. The fourth-order valence-electron chi connectivity index (χ4n) is 3.19. The Balaban J connectivity index is 1.66. The lowest BCUT2D eigenvalue weighted by Crippen LogP contribution is -2.46. The molecule has 134 valence electrons. The third-order valence-corrected chi connectivity index (χ3v) is 5.34. The summed E-state index contributed by atoms with van der Waals surface area (Å²) in [6.07, 6.45) is 3.59. The number of thiophene rings is 1. The van der Waals surface area contributed by atoms with Crippen molar-refractivity contribution in [3.8, 4) is 0 Å². The summed E-state index contributed by atoms with van der Waals surface area (Å²) in [6.45, 7) is 2.77. The zero-order valence-electron chi connectivity index (χ0n) is 14.2. The molecule has 0 radical (unpaired) electrons. The van der Waals surface area contributed by atoms with Crippen LogP contribution in [0.5, 0.6) is 0 Å². The second kappa shape index (κ2) is 8.31. The smallest absolute Gasteiger partial charge is 0.270 e. The quantitative estimate of drug-likeness (QED) is 0.820. The first-order chi connectivity index (χ1) is 12.2. The van der Waals surface area contributed by atoms with Crippen LogP contribution >= 0.6 is 11.3 Å². The van der Waals surface area contributed by atoms with Crippen LogP contribution in [0.1, 0.15) is 28.2 Å². The van der Waals surface area contributed by atoms with Gasteiger partial charge in [0.15, 0.2) is 0 Å². The molecular formula is C18H24N4O2S. The van der Waals surface area contributed by atoms with Gasteiger partial charge in [0.25, 0.3) is 5.91 Å². The predicted molar refractivity (Wildman–Crippen MR) is 98.5 cm³/mol. The van der Waals surface area contributed by atoms with Crippen molar-refractivity contribution in [3.63, 3.8) is 0 Å². The van der Waals surface area contributed by atoms with E-state index in [0.717, 1.165) is 12.8 Å². The third-order valence-electron chi connectivity index (χ3n) is 4.48. The summed E-state index contributed by atoms with van der Waals surface area (Å²) in [5, 5.41) is 4.87. The number of carbonyl (C=O) groups is 2. The molecule has 1 atom stereocenters. The average molecular weight is 360 g/mol. The van der Waals surface area contributed by atoms with Crippen LogP contribution in [-0.2, 0) is 11.3 Å². The van der Waals surface area contributed by atoms with Crippen molar-refractivity contribution in [1.29, 1.82) is 0 Å². The molecule has 3 heterocycles. The first-order valence-corrected chi connectivity index (χ1v) is 9.51. The minimum atomic E-state index is -0.148. The highest BCUT2D eigenvalue weighted by atomic mass is 32.1. The van der Waals surface area contributed by atoms with Crippen LogP contribution in [0.2, 0.25) is 0 Å². The van der Waals surface area contributed by atoms with Crippen LogP contribution in [0.15, 0.2) is 35.8 Å². The van der Waals surface area contributed by atoms with E-state index < -0.39 is 0 Å². The molecule has 1 unspecified atom stereocenters. The molecule has 0 aliphatic carbocycles. The Hall–Kier alpha value is -2.12. The number of nitrogens with one attached hydrogen (secondary N) is 1. The molecule has 1 fully saturated rings. The Morgan fingerprint density at radius 2 is 2.20 bits per heavy atom. The number of amides is 2. The number of piperidine rings is 1. The Bertz CT molecular complexity index is 710. The molecule has 2 aromatic heterocycles. The molecule has 3 rings (SSSR count). The fourth-order valence-corrected chi connectivity index (χ4v) is 3.90. The van der Waals surface area contributed by atoms with Gasteiger partial charge in [-0.05, 0) is 36.4 Å². The molecular weight excluding hydrogens is 336 g/mol. The van der Waals surface area contributed by atoms with E-state index in [0.29, 0.717) is 38.4 Å². The van der Waals surface area contributed by atoms with Crippen molar-refractivity contribution in [2.45, 2.75) is 19.4 Å². The molecule has 3 N–H and O–H groups in total. The first-order valence-electron chi connectivity index (χ1n) is 8.63. The largest absolute Gasteiger partial charge is 0.355 e. The van der Waals surface area contributed by atoms with Gasteiger partial charge in [0.1, 0.15) is 5.69 Å². The minimum absolute atomic E-state index is 0.00196. The maximum atomic E-state index is 12.9. The van der Waals surface area contributed by atoms with Gasteiger partial charge in [-0.15, -0.1) is 11.3 Å². The van der Waals surface area contributed by atoms with Crippen molar-refractivity contribution in [1.82, 2.24) is 14.8 Å². The number of rotatable bonds is 6. The van der Waals surface area contributed by atoms with Gasteiger partial charge in [-0.3, -0.25) is 9.59 Å². The van der Waals surface area contributed by atoms with Crippen LogP contribution in [-0.4, -0.2) is 47.5 Å². The summed E-state index contributed by atoms with van der Waals surface area (Å²) in [5.74, 6) is -0.153. The number of likely N-dealkylation sites (tertiary alicyclic amines) is 1. The number of carbonyl (C=O) groups excluding carboxylic acids is 2. The molecule has 1 saturated heterocycles. The number of hydrogen-bond donors (Lipinski definition) is 2. The van der Waals surface area contributed by atoms with E-state index in [1.165, 1.54) is 4.88 Å². The van der Waals surface area contributed by atoms with E-state index in [4.69, 9.17) is 5.73 Å². The van der Waals surface area contributed by atoms with Gasteiger partial charge >= 0.3 is 0 Å². The normalized spacial score (nSPS) is 17.5. The summed E-state index contributed by atoms with van der Waals surface area (Å²) in [4.78, 5) is 28.1. The number of aromatic nitrogens is 1. The second-order valence-corrected chi connectivity index (χ2v) is 7.30. The summed E-state index contributed by atoms with van der Waals surface area (Å²) < 4.78 is 1.98. The van der Waals surface area contributed by atoms with Gasteiger partial charge in [-0.25, -0.2) is 0 Å². The van der Waals surface area contributed by atoms with Crippen molar-refractivity contribution in [2.75, 3.05) is 26.2 Å². The summed E-state index contributed by atoms with van der Waals surface area (Å²) in [5.41, 5.74) is 6.11. The molecule has 0 aromatic carbocycles. The lowest BCUT2D eigenvalue weighted by atomic mass is 9.97. The highest BCUT2D eigenvalue weighted by molar-refractivity contribution is 7.09. The highest BCUT2D eigenvalue weighted by Crippen LogP contribution is 2.20. The van der Waals surface area contributed by atoms with Gasteiger partial charge < -0.3 is 20.5 Å². The molecule has 2 amide bonds. The van der Waals surface area contributed by atoms with Crippen LogP contribution in [0.3, 0.4) is 0 Å². The standard InChI is InChI=1S/C18H24N4O2S/c19-7-8-20-17(23)14-4-1-10-22(12-14)18(24)16-6-2-9-21(16)13-15-5-3-11-25-15/h2-3,5-6,9,11,14H,1,4,7-8,10,12-13,19H2,(H,20,23). The first kappa shape index (κ1) is 17.7. The van der Waals surface area contributed by atoms with Gasteiger partial charge in [-0.1, -0.05) is 6.07 Å². The number of hydrogen-bond acceptors (Lipinski definition) is 4. The van der Waals surface area contributed by atoms with Crippen LogP contribution in [0.25, 0.3) is 0 Å². The lowest BCUT2D eigenvalue weighted by molar-refractivity contribution is -0.126. The van der Waals surface area contributed by atoms with Crippen LogP contribution < -0.4 is 11.1 Å². The molecule has 0 saturated carbocycles. The highest BCUT2D eigenvalue weighted by Gasteiger charge is 2.29. The lowest BCUT2D eigenvalue weighted by Gasteiger charge is -2.32. The maximum absolute atomic E-state index is 12.9. The molecule has 2 aromatic rings. The minimum Gasteiger partial charge on any atom is -0.355 e. The van der Waals surface area contributed by atoms with E-state index in [9.17, 15) is 9.59 Å². The van der Waals surface area contributed by atoms with E-state index in [1.807, 2.05) is 34.3 Å². The Labute approximate surface area is 151 Å². The monoisotopic (exact) mass is 360 g/mol. The van der Waals surface area contributed by atoms with Crippen molar-refractivity contribution >= 4 is 23.2 Å². The van der Waals surface area contributed by atoms with Crippen molar-refractivity contribution in [2.24, 2.45) is 11.7 Å². The van der Waals surface area contributed by atoms with Gasteiger partial charge in [0, 0.05) is 37.3 Å². The topological polar surface area (TPSA) is 80.4 Å². The Kier molecular flexibility index (Phi) is 5.88. The van der Waals surface area contributed by atoms with E-state index in [-0.39, 0.29) is 17.7 Å². The van der Waals surface area contributed by atoms with Gasteiger partial charge in [0.2, 0.25) is 5.91 Å². The molecule has 0 spiro atoms. The fraction of sp³-hybridized carbons (Fsp3) is 0.444. The maximum Gasteiger partial charge on any atom is 0.270 e. The molecule has 25 heavy (non-hydrogen) atoms. The summed E-state index contributed by atoms with van der Waals surface area (Å²) in [6, 6.07) is 7.84. The van der Waals surface area contributed by atoms with E-state index in [2.05, 4.69) is 11.4 Å². The number of nitrogens with zero attached hydrogens (tertiary/aromatic N) is 2. The van der Waals surface area contributed by atoms with Crippen molar-refractivity contribution in [3.05, 3.63) is 46.4 Å². The predicted octanol–water partition coefficient (Wildman–Crippen LogP) is 1.53. The zero-order chi connectivity index (χ0) is 17.6.